The third kappa shape index (κ3) is 2.35. The molecule has 2 atom stereocenters. The molecule has 0 spiro atoms. The van der Waals surface area contributed by atoms with Gasteiger partial charge in [0, 0.05) is 6.42 Å². The quantitative estimate of drug-likeness (QED) is 0.447. The summed E-state index contributed by atoms with van der Waals surface area (Å²) in [7, 11) is 0. The molecule has 62 valence electrons. The molecular formula is C8H12O3. The summed E-state index contributed by atoms with van der Waals surface area (Å²) in [6, 6.07) is 0. The molecule has 0 aromatic carbocycles. The van der Waals surface area contributed by atoms with Gasteiger partial charge in [0.05, 0.1) is 12.5 Å². The summed E-state index contributed by atoms with van der Waals surface area (Å²) in [6.45, 7) is 1.86. The monoisotopic (exact) mass is 156 g/mol. The van der Waals surface area contributed by atoms with E-state index in [1.807, 2.05) is 13.0 Å². The molecule has 1 aliphatic heterocycles. The van der Waals surface area contributed by atoms with Crippen LogP contribution in [-0.2, 0) is 9.53 Å². The molecule has 11 heavy (non-hydrogen) atoms. The Morgan fingerprint density at radius 3 is 3.00 bits per heavy atom. The zero-order chi connectivity index (χ0) is 8.27. The van der Waals surface area contributed by atoms with E-state index in [1.165, 1.54) is 0 Å². The molecule has 1 aliphatic rings. The van der Waals surface area contributed by atoms with E-state index in [1.54, 1.807) is 6.08 Å². The SMILES string of the molecule is CC=C[C@@H]1C[C@@H](O)CC(=O)O1. The first-order valence-electron chi connectivity index (χ1n) is 3.72. The molecule has 1 N–H and O–H groups in total. The molecule has 0 amide bonds. The third-order valence-electron chi connectivity index (χ3n) is 1.60. The van der Waals surface area contributed by atoms with Crippen LogP contribution in [0.4, 0.5) is 0 Å². The molecule has 3 heteroatoms. The Hall–Kier alpha value is -0.830. The number of aliphatic hydroxyl groups is 1. The number of allylic oxidation sites excluding steroid dienone is 1. The molecule has 0 unspecified atom stereocenters. The Balaban J connectivity index is 2.49. The molecule has 0 aromatic heterocycles. The van der Waals surface area contributed by atoms with Gasteiger partial charge < -0.3 is 9.84 Å². The predicted molar refractivity (Wildman–Crippen MR) is 39.9 cm³/mol. The summed E-state index contributed by atoms with van der Waals surface area (Å²) in [5, 5.41) is 9.14. The highest BCUT2D eigenvalue weighted by atomic mass is 16.5. The Bertz CT molecular complexity index is 174. The number of rotatable bonds is 1. The van der Waals surface area contributed by atoms with E-state index < -0.39 is 6.10 Å². The Morgan fingerprint density at radius 2 is 2.45 bits per heavy atom. The highest BCUT2D eigenvalue weighted by Crippen LogP contribution is 2.15. The van der Waals surface area contributed by atoms with Crippen molar-refractivity contribution in [2.24, 2.45) is 0 Å². The van der Waals surface area contributed by atoms with Crippen LogP contribution in [0.1, 0.15) is 19.8 Å². The minimum absolute atomic E-state index is 0.133. The zero-order valence-corrected chi connectivity index (χ0v) is 6.49. The first-order chi connectivity index (χ1) is 5.22. The van der Waals surface area contributed by atoms with Gasteiger partial charge in [-0.25, -0.2) is 0 Å². The smallest absolute Gasteiger partial charge is 0.309 e. The largest absolute Gasteiger partial charge is 0.458 e. The highest BCUT2D eigenvalue weighted by molar-refractivity contribution is 5.71. The second-order valence-electron chi connectivity index (χ2n) is 2.65. The van der Waals surface area contributed by atoms with E-state index in [0.29, 0.717) is 6.42 Å². The minimum Gasteiger partial charge on any atom is -0.458 e. The van der Waals surface area contributed by atoms with E-state index in [-0.39, 0.29) is 18.5 Å². The van der Waals surface area contributed by atoms with Crippen molar-refractivity contribution >= 4 is 5.97 Å². The second kappa shape index (κ2) is 3.53. The molecule has 1 rings (SSSR count). The first-order valence-corrected chi connectivity index (χ1v) is 3.72. The third-order valence-corrected chi connectivity index (χ3v) is 1.60. The number of ether oxygens (including phenoxy) is 1. The number of carbonyl (C=O) groups excluding carboxylic acids is 1. The van der Waals surface area contributed by atoms with Gasteiger partial charge in [-0.05, 0) is 13.0 Å². The van der Waals surface area contributed by atoms with Crippen molar-refractivity contribution in [3.63, 3.8) is 0 Å². The molecule has 0 aliphatic carbocycles. The lowest BCUT2D eigenvalue weighted by atomic mass is 10.1. The molecule has 1 fully saturated rings. The van der Waals surface area contributed by atoms with Crippen molar-refractivity contribution < 1.29 is 14.6 Å². The van der Waals surface area contributed by atoms with Gasteiger partial charge in [0.25, 0.3) is 0 Å². The van der Waals surface area contributed by atoms with Gasteiger partial charge in [0.2, 0.25) is 0 Å². The van der Waals surface area contributed by atoms with Crippen LogP contribution in [0.25, 0.3) is 0 Å². The summed E-state index contributed by atoms with van der Waals surface area (Å²) < 4.78 is 4.91. The minimum atomic E-state index is -0.530. The van der Waals surface area contributed by atoms with Crippen molar-refractivity contribution in [1.82, 2.24) is 0 Å². The lowest BCUT2D eigenvalue weighted by Crippen LogP contribution is -2.31. The first kappa shape index (κ1) is 8.27. The Kier molecular flexibility index (Phi) is 2.65. The summed E-state index contributed by atoms with van der Waals surface area (Å²) in [4.78, 5) is 10.7. The van der Waals surface area contributed by atoms with Crippen molar-refractivity contribution in [3.05, 3.63) is 12.2 Å². The maximum absolute atomic E-state index is 10.7. The predicted octanol–water partition coefficient (Wildman–Crippen LogP) is 0.629. The fourth-order valence-electron chi connectivity index (χ4n) is 1.14. The summed E-state index contributed by atoms with van der Waals surface area (Å²) in [6.07, 6.45) is 3.49. The maximum Gasteiger partial charge on any atom is 0.309 e. The Morgan fingerprint density at radius 1 is 1.73 bits per heavy atom. The topological polar surface area (TPSA) is 46.5 Å². The van der Waals surface area contributed by atoms with Crippen molar-refractivity contribution in [2.45, 2.75) is 32.0 Å². The molecule has 0 aromatic rings. The number of aliphatic hydroxyl groups excluding tert-OH is 1. The molecule has 0 bridgehead atoms. The van der Waals surface area contributed by atoms with E-state index in [0.717, 1.165) is 0 Å². The van der Waals surface area contributed by atoms with Crippen molar-refractivity contribution in [1.29, 1.82) is 0 Å². The fraction of sp³-hybridized carbons (Fsp3) is 0.625. The van der Waals surface area contributed by atoms with Crippen molar-refractivity contribution in [2.75, 3.05) is 0 Å². The van der Waals surface area contributed by atoms with Gasteiger partial charge in [0.1, 0.15) is 6.10 Å². The van der Waals surface area contributed by atoms with Crippen LogP contribution in [-0.4, -0.2) is 23.3 Å². The van der Waals surface area contributed by atoms with E-state index >= 15 is 0 Å². The molecule has 3 nitrogen and oxygen atoms in total. The number of cyclic esters (lactones) is 1. The Labute approximate surface area is 65.7 Å². The molecular weight excluding hydrogens is 144 g/mol. The van der Waals surface area contributed by atoms with Crippen molar-refractivity contribution in [3.8, 4) is 0 Å². The molecule has 1 saturated heterocycles. The van der Waals surface area contributed by atoms with E-state index in [4.69, 9.17) is 9.84 Å². The van der Waals surface area contributed by atoms with E-state index in [2.05, 4.69) is 0 Å². The standard InChI is InChI=1S/C8H12O3/c1-2-3-7-4-6(9)5-8(10)11-7/h2-3,6-7,9H,4-5H2,1H3/t6-,7-/m1/s1. The second-order valence-corrected chi connectivity index (χ2v) is 2.65. The van der Waals surface area contributed by atoms with Gasteiger partial charge in [-0.2, -0.15) is 0 Å². The maximum atomic E-state index is 10.7. The van der Waals surface area contributed by atoms with Gasteiger partial charge in [0.15, 0.2) is 0 Å². The zero-order valence-electron chi connectivity index (χ0n) is 6.49. The fourth-order valence-corrected chi connectivity index (χ4v) is 1.14. The number of esters is 1. The van der Waals surface area contributed by atoms with Crippen LogP contribution < -0.4 is 0 Å². The average Bonchev–Trinajstić information content (AvgIpc) is 1.85. The van der Waals surface area contributed by atoms with Crippen LogP contribution in [0.2, 0.25) is 0 Å². The summed E-state index contributed by atoms with van der Waals surface area (Å²) in [5.41, 5.74) is 0. The van der Waals surface area contributed by atoms with Crippen LogP contribution in [0.5, 0.6) is 0 Å². The van der Waals surface area contributed by atoms with Crippen LogP contribution in [0.15, 0.2) is 12.2 Å². The highest BCUT2D eigenvalue weighted by Gasteiger charge is 2.24. The average molecular weight is 156 g/mol. The molecule has 0 saturated carbocycles. The van der Waals surface area contributed by atoms with Gasteiger partial charge >= 0.3 is 5.97 Å². The summed E-state index contributed by atoms with van der Waals surface area (Å²) in [5.74, 6) is -0.313. The lowest BCUT2D eigenvalue weighted by Gasteiger charge is -2.23. The lowest BCUT2D eigenvalue weighted by molar-refractivity contribution is -0.156. The van der Waals surface area contributed by atoms with E-state index in [9.17, 15) is 4.79 Å². The molecule has 0 radical (unpaired) electrons. The number of carbonyl (C=O) groups is 1. The van der Waals surface area contributed by atoms with Gasteiger partial charge in [-0.15, -0.1) is 0 Å². The normalized spacial score (nSPS) is 32.4. The molecule has 1 heterocycles. The number of hydrogen-bond donors (Lipinski definition) is 1. The van der Waals surface area contributed by atoms with Crippen LogP contribution in [0, 0.1) is 0 Å². The van der Waals surface area contributed by atoms with Crippen LogP contribution >= 0.6 is 0 Å². The van der Waals surface area contributed by atoms with Gasteiger partial charge in [-0.3, -0.25) is 4.79 Å². The summed E-state index contributed by atoms with van der Waals surface area (Å²) >= 11 is 0. The number of hydrogen-bond acceptors (Lipinski definition) is 3. The van der Waals surface area contributed by atoms with Crippen LogP contribution in [0.3, 0.4) is 0 Å². The van der Waals surface area contributed by atoms with Gasteiger partial charge in [-0.1, -0.05) is 6.08 Å².